The van der Waals surface area contributed by atoms with Gasteiger partial charge in [-0.2, -0.15) is 0 Å². The molecule has 1 aliphatic heterocycles. The summed E-state index contributed by atoms with van der Waals surface area (Å²) >= 11 is 5.67. The molecule has 0 radical (unpaired) electrons. The molecule has 0 aromatic carbocycles. The van der Waals surface area contributed by atoms with E-state index in [1.165, 1.54) is 0 Å². The number of carboxylic acids is 1. The molecule has 1 aromatic heterocycles. The van der Waals surface area contributed by atoms with E-state index in [-0.39, 0.29) is 10.8 Å². The number of aromatic carboxylic acids is 1. The van der Waals surface area contributed by atoms with Crippen LogP contribution in [0.1, 0.15) is 23.3 Å². The predicted octanol–water partition coefficient (Wildman–Crippen LogP) is 2.03. The van der Waals surface area contributed by atoms with Crippen LogP contribution in [0.4, 0.5) is 5.69 Å². The third-order valence-corrected chi connectivity index (χ3v) is 2.70. The lowest BCUT2D eigenvalue weighted by Gasteiger charge is -2.18. The van der Waals surface area contributed by atoms with Crippen molar-refractivity contribution in [2.75, 3.05) is 18.0 Å². The van der Waals surface area contributed by atoms with Crippen LogP contribution in [-0.4, -0.2) is 29.1 Å². The quantitative estimate of drug-likeness (QED) is 0.784. The zero-order chi connectivity index (χ0) is 10.8. The van der Waals surface area contributed by atoms with Crippen LogP contribution in [0.15, 0.2) is 12.1 Å². The van der Waals surface area contributed by atoms with Crippen molar-refractivity contribution in [2.24, 2.45) is 0 Å². The number of anilines is 1. The van der Waals surface area contributed by atoms with Crippen molar-refractivity contribution in [1.29, 1.82) is 0 Å². The van der Waals surface area contributed by atoms with Gasteiger partial charge in [0.2, 0.25) is 0 Å². The van der Waals surface area contributed by atoms with Crippen molar-refractivity contribution in [1.82, 2.24) is 4.98 Å². The minimum atomic E-state index is -1.03. The van der Waals surface area contributed by atoms with E-state index < -0.39 is 5.97 Å². The first-order valence-electron chi connectivity index (χ1n) is 4.83. The molecule has 1 saturated heterocycles. The number of halogens is 1. The van der Waals surface area contributed by atoms with Crippen LogP contribution in [0, 0.1) is 0 Å². The molecule has 2 rings (SSSR count). The van der Waals surface area contributed by atoms with Gasteiger partial charge in [-0.1, -0.05) is 11.6 Å². The lowest BCUT2D eigenvalue weighted by molar-refractivity contribution is 0.0691. The van der Waals surface area contributed by atoms with E-state index in [9.17, 15) is 4.79 Å². The zero-order valence-electron chi connectivity index (χ0n) is 8.11. The summed E-state index contributed by atoms with van der Waals surface area (Å²) in [5.41, 5.74) is 0.716. The maximum atomic E-state index is 11.0. The number of rotatable bonds is 2. The van der Waals surface area contributed by atoms with Crippen molar-refractivity contribution in [3.63, 3.8) is 0 Å². The molecule has 0 aliphatic carbocycles. The molecule has 0 bridgehead atoms. The number of nitrogens with zero attached hydrogens (tertiary/aromatic N) is 2. The fourth-order valence-electron chi connectivity index (χ4n) is 1.80. The van der Waals surface area contributed by atoms with Crippen LogP contribution in [0.5, 0.6) is 0 Å². The smallest absolute Gasteiger partial charge is 0.356 e. The average Bonchev–Trinajstić information content (AvgIpc) is 2.70. The molecule has 0 spiro atoms. The lowest BCUT2D eigenvalue weighted by atomic mass is 10.2. The second kappa shape index (κ2) is 4.06. The highest BCUT2D eigenvalue weighted by atomic mass is 35.5. The van der Waals surface area contributed by atoms with Gasteiger partial charge in [0.05, 0.1) is 5.69 Å². The van der Waals surface area contributed by atoms with E-state index in [0.717, 1.165) is 25.9 Å². The molecule has 0 unspecified atom stereocenters. The molecule has 0 amide bonds. The Kier molecular flexibility index (Phi) is 2.77. The predicted molar refractivity (Wildman–Crippen MR) is 57.7 cm³/mol. The Balaban J connectivity index is 2.40. The normalized spacial score (nSPS) is 15.7. The van der Waals surface area contributed by atoms with Gasteiger partial charge in [0.1, 0.15) is 5.15 Å². The fourth-order valence-corrected chi connectivity index (χ4v) is 1.95. The summed E-state index contributed by atoms with van der Waals surface area (Å²) < 4.78 is 0. The zero-order valence-corrected chi connectivity index (χ0v) is 8.87. The van der Waals surface area contributed by atoms with Gasteiger partial charge in [-0.15, -0.1) is 0 Å². The molecule has 1 aliphatic rings. The number of pyridine rings is 1. The number of hydrogen-bond donors (Lipinski definition) is 1. The highest BCUT2D eigenvalue weighted by Crippen LogP contribution is 2.24. The summed E-state index contributed by atoms with van der Waals surface area (Å²) in [5.74, 6) is -1.03. The van der Waals surface area contributed by atoms with Crippen molar-refractivity contribution < 1.29 is 9.90 Å². The Hall–Kier alpha value is -1.29. The van der Waals surface area contributed by atoms with E-state index in [0.29, 0.717) is 5.69 Å². The number of aromatic nitrogens is 1. The molecule has 1 aromatic rings. The molecule has 15 heavy (non-hydrogen) atoms. The van der Waals surface area contributed by atoms with E-state index in [1.807, 2.05) is 4.90 Å². The maximum Gasteiger partial charge on any atom is 0.356 e. The van der Waals surface area contributed by atoms with Gasteiger partial charge in [-0.05, 0) is 25.0 Å². The summed E-state index contributed by atoms with van der Waals surface area (Å²) in [4.78, 5) is 16.9. The first-order chi connectivity index (χ1) is 7.18. The van der Waals surface area contributed by atoms with Gasteiger partial charge in [-0.25, -0.2) is 9.78 Å². The maximum absolute atomic E-state index is 11.0. The highest BCUT2D eigenvalue weighted by molar-refractivity contribution is 6.29. The fraction of sp³-hybridized carbons (Fsp3) is 0.400. The monoisotopic (exact) mass is 226 g/mol. The van der Waals surface area contributed by atoms with Gasteiger partial charge in [0, 0.05) is 13.1 Å². The molecule has 5 heteroatoms. The minimum absolute atomic E-state index is 0.0457. The van der Waals surface area contributed by atoms with Crippen LogP contribution in [-0.2, 0) is 0 Å². The van der Waals surface area contributed by atoms with Gasteiger partial charge >= 0.3 is 5.97 Å². The lowest BCUT2D eigenvalue weighted by Crippen LogP contribution is -2.21. The average molecular weight is 227 g/mol. The van der Waals surface area contributed by atoms with Crippen LogP contribution >= 0.6 is 11.6 Å². The van der Waals surface area contributed by atoms with Crippen molar-refractivity contribution in [3.05, 3.63) is 23.0 Å². The Morgan fingerprint density at radius 1 is 1.40 bits per heavy atom. The number of hydrogen-bond acceptors (Lipinski definition) is 3. The standard InChI is InChI=1S/C10H11ClN2O2/c11-8-4-3-7(9(12-8)10(14)15)13-5-1-2-6-13/h3-4H,1-2,5-6H2,(H,14,15). The number of carboxylic acid groups (broad SMARTS) is 1. The van der Waals surface area contributed by atoms with Crippen LogP contribution < -0.4 is 4.90 Å². The second-order valence-electron chi connectivity index (χ2n) is 3.50. The first-order valence-corrected chi connectivity index (χ1v) is 5.21. The Labute approximate surface area is 92.5 Å². The molecule has 80 valence electrons. The minimum Gasteiger partial charge on any atom is -0.476 e. The summed E-state index contributed by atoms with van der Waals surface area (Å²) in [7, 11) is 0. The van der Waals surface area contributed by atoms with Crippen molar-refractivity contribution in [2.45, 2.75) is 12.8 Å². The van der Waals surface area contributed by atoms with E-state index in [4.69, 9.17) is 16.7 Å². The summed E-state index contributed by atoms with van der Waals surface area (Å²) in [6, 6.07) is 3.35. The third-order valence-electron chi connectivity index (χ3n) is 2.49. The molecular formula is C10H11ClN2O2. The van der Waals surface area contributed by atoms with Crippen molar-refractivity contribution in [3.8, 4) is 0 Å². The van der Waals surface area contributed by atoms with Gasteiger partial charge in [-0.3, -0.25) is 0 Å². The number of carbonyl (C=O) groups is 1. The molecular weight excluding hydrogens is 216 g/mol. The van der Waals surface area contributed by atoms with E-state index >= 15 is 0 Å². The van der Waals surface area contributed by atoms with Crippen LogP contribution in [0.2, 0.25) is 5.15 Å². The first kappa shape index (κ1) is 10.2. The Bertz CT molecular complexity index is 389. The topological polar surface area (TPSA) is 53.4 Å². The molecule has 0 atom stereocenters. The van der Waals surface area contributed by atoms with Crippen LogP contribution in [0.25, 0.3) is 0 Å². The largest absolute Gasteiger partial charge is 0.476 e. The molecule has 0 saturated carbocycles. The second-order valence-corrected chi connectivity index (χ2v) is 3.89. The van der Waals surface area contributed by atoms with Crippen LogP contribution in [0.3, 0.4) is 0 Å². The summed E-state index contributed by atoms with van der Waals surface area (Å²) in [6.45, 7) is 1.78. The highest BCUT2D eigenvalue weighted by Gasteiger charge is 2.20. The summed E-state index contributed by atoms with van der Waals surface area (Å²) in [6.07, 6.45) is 2.20. The van der Waals surface area contributed by atoms with E-state index in [1.54, 1.807) is 12.1 Å². The van der Waals surface area contributed by atoms with Crippen molar-refractivity contribution >= 4 is 23.3 Å². The summed E-state index contributed by atoms with van der Waals surface area (Å²) in [5, 5.41) is 9.22. The van der Waals surface area contributed by atoms with Gasteiger partial charge in [0.15, 0.2) is 5.69 Å². The van der Waals surface area contributed by atoms with E-state index in [2.05, 4.69) is 4.98 Å². The third kappa shape index (κ3) is 2.04. The molecule has 4 nitrogen and oxygen atoms in total. The molecule has 1 N–H and O–H groups in total. The Morgan fingerprint density at radius 3 is 2.67 bits per heavy atom. The van der Waals surface area contributed by atoms with Gasteiger partial charge < -0.3 is 10.0 Å². The van der Waals surface area contributed by atoms with Gasteiger partial charge in [0.25, 0.3) is 0 Å². The molecule has 2 heterocycles. The SMILES string of the molecule is O=C(O)c1nc(Cl)ccc1N1CCCC1. The molecule has 1 fully saturated rings. The Morgan fingerprint density at radius 2 is 2.07 bits per heavy atom.